The van der Waals surface area contributed by atoms with Gasteiger partial charge in [0.15, 0.2) is 5.69 Å². The summed E-state index contributed by atoms with van der Waals surface area (Å²) in [6.07, 6.45) is 4.11. The maximum Gasteiger partial charge on any atom is 0.292 e. The number of hydrogen-bond donors (Lipinski definition) is 1. The summed E-state index contributed by atoms with van der Waals surface area (Å²) in [7, 11) is 1.55. The van der Waals surface area contributed by atoms with E-state index in [4.69, 9.17) is 0 Å². The summed E-state index contributed by atoms with van der Waals surface area (Å²) in [5.74, 6) is -0.184. The van der Waals surface area contributed by atoms with Crippen LogP contribution in [0.3, 0.4) is 0 Å². The van der Waals surface area contributed by atoms with Crippen LogP contribution < -0.4 is 11.0 Å². The van der Waals surface area contributed by atoms with Crippen LogP contribution in [0, 0.1) is 0 Å². The lowest BCUT2D eigenvalue weighted by molar-refractivity contribution is 0.0949. The van der Waals surface area contributed by atoms with Gasteiger partial charge in [-0.1, -0.05) is 55.0 Å². The summed E-state index contributed by atoms with van der Waals surface area (Å²) < 4.78 is 1.19. The Morgan fingerprint density at radius 2 is 1.79 bits per heavy atom. The molecule has 4 rings (SSSR count). The van der Waals surface area contributed by atoms with Gasteiger partial charge in [-0.3, -0.25) is 9.59 Å². The van der Waals surface area contributed by atoms with Crippen LogP contribution in [0.2, 0.25) is 0 Å². The maximum atomic E-state index is 12.8. The van der Waals surface area contributed by atoms with Gasteiger partial charge < -0.3 is 0 Å². The van der Waals surface area contributed by atoms with E-state index in [1.165, 1.54) is 10.2 Å². The second-order valence-electron chi connectivity index (χ2n) is 7.08. The average Bonchev–Trinajstić information content (AvgIpc) is 2.75. The Kier molecular flexibility index (Phi) is 5.02. The number of hydrazone groups is 1. The zero-order chi connectivity index (χ0) is 19.5. The van der Waals surface area contributed by atoms with E-state index in [-0.39, 0.29) is 17.2 Å². The smallest absolute Gasteiger partial charge is 0.267 e. The van der Waals surface area contributed by atoms with E-state index in [2.05, 4.69) is 27.8 Å². The van der Waals surface area contributed by atoms with Crippen molar-refractivity contribution < 1.29 is 4.79 Å². The first-order valence-corrected chi connectivity index (χ1v) is 9.53. The lowest BCUT2D eigenvalue weighted by Crippen LogP contribution is -2.29. The van der Waals surface area contributed by atoms with E-state index in [0.29, 0.717) is 10.8 Å². The van der Waals surface area contributed by atoms with E-state index in [1.807, 2.05) is 18.2 Å². The second-order valence-corrected chi connectivity index (χ2v) is 7.08. The number of nitrogens with zero attached hydrogens (tertiary/aromatic N) is 3. The topological polar surface area (TPSA) is 76.3 Å². The first-order valence-electron chi connectivity index (χ1n) is 9.53. The molecule has 0 radical (unpaired) electrons. The van der Waals surface area contributed by atoms with Crippen molar-refractivity contribution in [3.05, 3.63) is 76.2 Å². The monoisotopic (exact) mass is 374 g/mol. The molecule has 0 bridgehead atoms. The quantitative estimate of drug-likeness (QED) is 0.714. The van der Waals surface area contributed by atoms with Gasteiger partial charge in [0.05, 0.1) is 5.39 Å². The molecule has 1 atom stereocenters. The fraction of sp³-hybridized carbons (Fsp3) is 0.273. The molecule has 1 heterocycles. The van der Waals surface area contributed by atoms with Gasteiger partial charge in [0.2, 0.25) is 0 Å². The molecule has 3 aromatic rings. The van der Waals surface area contributed by atoms with E-state index >= 15 is 0 Å². The number of carbonyl (C=O) groups excluding carboxylic acids is 1. The first-order chi connectivity index (χ1) is 13.6. The minimum absolute atomic E-state index is 0.203. The molecule has 28 heavy (non-hydrogen) atoms. The predicted octanol–water partition coefficient (Wildman–Crippen LogP) is 3.38. The summed E-state index contributed by atoms with van der Waals surface area (Å²) in [6, 6.07) is 17.3. The number of aromatic nitrogens is 2. The van der Waals surface area contributed by atoms with Crippen LogP contribution in [-0.2, 0) is 7.05 Å². The van der Waals surface area contributed by atoms with Crippen molar-refractivity contribution in [1.29, 1.82) is 0 Å². The van der Waals surface area contributed by atoms with Crippen LogP contribution >= 0.6 is 0 Å². The SMILES string of the molecule is Cn1nc(C(=O)N/N=C2/CCCC[C@H]2c2ccccc2)c2ccccc2c1=O. The fourth-order valence-electron chi connectivity index (χ4n) is 3.82. The molecule has 2 aromatic carbocycles. The Balaban J connectivity index is 1.64. The number of amides is 1. The van der Waals surface area contributed by atoms with Gasteiger partial charge >= 0.3 is 0 Å². The molecule has 1 N–H and O–H groups in total. The molecule has 1 saturated carbocycles. The molecule has 142 valence electrons. The molecular weight excluding hydrogens is 352 g/mol. The summed E-state index contributed by atoms with van der Waals surface area (Å²) >= 11 is 0. The molecular formula is C22H22N4O2. The number of fused-ring (bicyclic) bond motifs is 1. The number of rotatable bonds is 3. The summed E-state index contributed by atoms with van der Waals surface area (Å²) in [5, 5.41) is 9.63. The molecule has 6 nitrogen and oxygen atoms in total. The van der Waals surface area contributed by atoms with E-state index < -0.39 is 5.91 Å². The van der Waals surface area contributed by atoms with Crippen LogP contribution in [0.15, 0.2) is 64.5 Å². The van der Waals surface area contributed by atoms with Gasteiger partial charge in [0, 0.05) is 24.1 Å². The van der Waals surface area contributed by atoms with Crippen LogP contribution in [0.25, 0.3) is 10.8 Å². The highest BCUT2D eigenvalue weighted by molar-refractivity contribution is 6.05. The molecule has 6 heteroatoms. The lowest BCUT2D eigenvalue weighted by atomic mass is 9.82. The van der Waals surface area contributed by atoms with Crippen LogP contribution in [-0.4, -0.2) is 21.4 Å². The molecule has 1 amide bonds. The first kappa shape index (κ1) is 18.1. The molecule has 1 aromatic heterocycles. The Bertz CT molecular complexity index is 1100. The third-order valence-electron chi connectivity index (χ3n) is 5.25. The molecule has 0 aliphatic heterocycles. The highest BCUT2D eigenvalue weighted by Crippen LogP contribution is 2.30. The van der Waals surface area contributed by atoms with Crippen LogP contribution in [0.4, 0.5) is 0 Å². The second kappa shape index (κ2) is 7.76. The predicted molar refractivity (Wildman–Crippen MR) is 110 cm³/mol. The fourth-order valence-corrected chi connectivity index (χ4v) is 3.82. The van der Waals surface area contributed by atoms with Gasteiger partial charge in [-0.05, 0) is 30.9 Å². The molecule has 0 unspecified atom stereocenters. The van der Waals surface area contributed by atoms with Crippen molar-refractivity contribution in [3.63, 3.8) is 0 Å². The lowest BCUT2D eigenvalue weighted by Gasteiger charge is -2.24. The minimum Gasteiger partial charge on any atom is -0.267 e. The normalized spacial score (nSPS) is 18.3. The zero-order valence-electron chi connectivity index (χ0n) is 15.8. The van der Waals surface area contributed by atoms with Gasteiger partial charge in [0.1, 0.15) is 0 Å². The van der Waals surface area contributed by atoms with Crippen molar-refractivity contribution in [3.8, 4) is 0 Å². The zero-order valence-corrected chi connectivity index (χ0v) is 15.8. The molecule has 0 spiro atoms. The highest BCUT2D eigenvalue weighted by atomic mass is 16.2. The largest absolute Gasteiger partial charge is 0.292 e. The van der Waals surface area contributed by atoms with Crippen molar-refractivity contribution in [2.24, 2.45) is 12.1 Å². The van der Waals surface area contributed by atoms with Gasteiger partial charge in [-0.25, -0.2) is 10.1 Å². The van der Waals surface area contributed by atoms with Gasteiger partial charge in [-0.2, -0.15) is 10.2 Å². The molecule has 1 aliphatic rings. The minimum atomic E-state index is -0.406. The molecule has 1 aliphatic carbocycles. The third-order valence-corrected chi connectivity index (χ3v) is 5.25. The summed E-state index contributed by atoms with van der Waals surface area (Å²) in [5.41, 5.74) is 4.86. The Morgan fingerprint density at radius 3 is 2.57 bits per heavy atom. The summed E-state index contributed by atoms with van der Waals surface area (Å²) in [4.78, 5) is 25.1. The van der Waals surface area contributed by atoms with E-state index in [0.717, 1.165) is 31.4 Å². The number of carbonyl (C=O) groups is 1. The Hall–Kier alpha value is -3.28. The highest BCUT2D eigenvalue weighted by Gasteiger charge is 2.23. The summed E-state index contributed by atoms with van der Waals surface area (Å²) in [6.45, 7) is 0. The standard InChI is InChI=1S/C22H22N4O2/c1-26-22(28)18-13-6-5-12-17(18)20(25-26)21(27)24-23-19-14-8-7-11-16(19)15-9-3-2-4-10-15/h2-6,9-10,12-13,16H,7-8,11,14H2,1H3,(H,24,27)/b23-19-/t16-/m0/s1. The van der Waals surface area contributed by atoms with Crippen molar-refractivity contribution in [1.82, 2.24) is 15.2 Å². The number of nitrogens with one attached hydrogen (secondary N) is 1. The number of benzene rings is 2. The third kappa shape index (κ3) is 3.45. The number of aryl methyl sites for hydroxylation is 1. The Morgan fingerprint density at radius 1 is 1.07 bits per heavy atom. The Labute approximate surface area is 162 Å². The van der Waals surface area contributed by atoms with E-state index in [9.17, 15) is 9.59 Å². The average molecular weight is 374 g/mol. The van der Waals surface area contributed by atoms with E-state index in [1.54, 1.807) is 31.3 Å². The van der Waals surface area contributed by atoms with Crippen LogP contribution in [0.5, 0.6) is 0 Å². The van der Waals surface area contributed by atoms with Crippen molar-refractivity contribution in [2.45, 2.75) is 31.6 Å². The van der Waals surface area contributed by atoms with Crippen molar-refractivity contribution in [2.75, 3.05) is 0 Å². The molecule has 0 saturated heterocycles. The van der Waals surface area contributed by atoms with Gasteiger partial charge in [-0.15, -0.1) is 0 Å². The number of hydrogen-bond acceptors (Lipinski definition) is 4. The van der Waals surface area contributed by atoms with Crippen LogP contribution in [0.1, 0.15) is 47.7 Å². The molecule has 1 fully saturated rings. The van der Waals surface area contributed by atoms with Crippen molar-refractivity contribution >= 4 is 22.4 Å². The maximum absolute atomic E-state index is 12.8. The van der Waals surface area contributed by atoms with Gasteiger partial charge in [0.25, 0.3) is 11.5 Å².